The Labute approximate surface area is 63.2 Å². The molecule has 0 aromatic rings. The van der Waals surface area contributed by atoms with Crippen molar-refractivity contribution in [1.29, 1.82) is 0 Å². The summed E-state index contributed by atoms with van der Waals surface area (Å²) in [6, 6.07) is 1.08. The van der Waals surface area contributed by atoms with Gasteiger partial charge in [0.25, 0.3) is 0 Å². The molecule has 1 rings (SSSR count). The molecule has 0 aromatic carbocycles. The summed E-state index contributed by atoms with van der Waals surface area (Å²) in [7, 11) is 0. The average molecular weight is 142 g/mol. The summed E-state index contributed by atoms with van der Waals surface area (Å²) in [5.41, 5.74) is 5.61. The van der Waals surface area contributed by atoms with E-state index in [0.717, 1.165) is 12.6 Å². The van der Waals surface area contributed by atoms with Crippen LogP contribution in [0.15, 0.2) is 0 Å². The Balaban J connectivity index is 2.01. The lowest BCUT2D eigenvalue weighted by atomic mass is 10.2. The molecule has 1 atom stereocenters. The molecule has 0 heterocycles. The molecule has 1 saturated carbocycles. The predicted octanol–water partition coefficient (Wildman–Crippen LogP) is 0.866. The molecule has 0 aromatic heterocycles. The molecular formula is C8H18N2. The summed E-state index contributed by atoms with van der Waals surface area (Å²) >= 11 is 0. The van der Waals surface area contributed by atoms with Crippen molar-refractivity contribution < 1.29 is 0 Å². The van der Waals surface area contributed by atoms with E-state index in [4.69, 9.17) is 5.73 Å². The van der Waals surface area contributed by atoms with Gasteiger partial charge in [0.1, 0.15) is 0 Å². The van der Waals surface area contributed by atoms with Crippen LogP contribution in [0.5, 0.6) is 0 Å². The second-order valence-corrected chi connectivity index (χ2v) is 3.37. The van der Waals surface area contributed by atoms with Gasteiger partial charge in [-0.1, -0.05) is 12.8 Å². The van der Waals surface area contributed by atoms with Crippen LogP contribution in [0.1, 0.15) is 32.6 Å². The zero-order valence-electron chi connectivity index (χ0n) is 6.77. The number of hydrogen-bond donors (Lipinski definition) is 2. The first kappa shape index (κ1) is 8.02. The van der Waals surface area contributed by atoms with Crippen LogP contribution < -0.4 is 11.1 Å². The van der Waals surface area contributed by atoms with E-state index in [0.29, 0.717) is 6.04 Å². The third kappa shape index (κ3) is 2.67. The van der Waals surface area contributed by atoms with Gasteiger partial charge in [-0.3, -0.25) is 0 Å². The van der Waals surface area contributed by atoms with Crippen LogP contribution in [0.2, 0.25) is 0 Å². The first-order valence-electron chi connectivity index (χ1n) is 4.28. The lowest BCUT2D eigenvalue weighted by Gasteiger charge is -2.13. The molecule has 1 fully saturated rings. The highest BCUT2D eigenvalue weighted by molar-refractivity contribution is 4.74. The highest BCUT2D eigenvalue weighted by atomic mass is 14.9. The summed E-state index contributed by atoms with van der Waals surface area (Å²) in [6.07, 6.45) is 5.51. The van der Waals surface area contributed by atoms with Gasteiger partial charge < -0.3 is 11.1 Å². The number of nitrogens with two attached hydrogens (primary N) is 1. The van der Waals surface area contributed by atoms with Crippen molar-refractivity contribution in [1.82, 2.24) is 5.32 Å². The number of rotatable bonds is 3. The molecule has 1 aliphatic carbocycles. The van der Waals surface area contributed by atoms with Crippen molar-refractivity contribution in [3.05, 3.63) is 0 Å². The van der Waals surface area contributed by atoms with Crippen LogP contribution in [0.3, 0.4) is 0 Å². The van der Waals surface area contributed by atoms with Crippen molar-refractivity contribution in [2.45, 2.75) is 44.7 Å². The summed E-state index contributed by atoms with van der Waals surface area (Å²) < 4.78 is 0. The fourth-order valence-electron chi connectivity index (χ4n) is 1.48. The van der Waals surface area contributed by atoms with E-state index in [1.807, 2.05) is 6.92 Å². The van der Waals surface area contributed by atoms with Gasteiger partial charge in [-0.2, -0.15) is 0 Å². The third-order valence-corrected chi connectivity index (χ3v) is 2.08. The van der Waals surface area contributed by atoms with Crippen LogP contribution in [0.25, 0.3) is 0 Å². The molecular weight excluding hydrogens is 124 g/mol. The maximum atomic E-state index is 5.61. The lowest BCUT2D eigenvalue weighted by Crippen LogP contribution is -2.36. The van der Waals surface area contributed by atoms with E-state index in [9.17, 15) is 0 Å². The molecule has 2 nitrogen and oxygen atoms in total. The van der Waals surface area contributed by atoms with Gasteiger partial charge in [-0.25, -0.2) is 0 Å². The van der Waals surface area contributed by atoms with Crippen LogP contribution >= 0.6 is 0 Å². The zero-order valence-corrected chi connectivity index (χ0v) is 6.77. The number of nitrogens with one attached hydrogen (secondary N) is 1. The van der Waals surface area contributed by atoms with Gasteiger partial charge in [0, 0.05) is 18.6 Å². The van der Waals surface area contributed by atoms with E-state index in [2.05, 4.69) is 5.32 Å². The number of hydrogen-bond acceptors (Lipinski definition) is 2. The maximum absolute atomic E-state index is 5.61. The van der Waals surface area contributed by atoms with Crippen molar-refractivity contribution in [2.24, 2.45) is 5.73 Å². The summed E-state index contributed by atoms with van der Waals surface area (Å²) in [5.74, 6) is 0. The second-order valence-electron chi connectivity index (χ2n) is 3.37. The molecule has 60 valence electrons. The molecule has 0 amide bonds. The monoisotopic (exact) mass is 142 g/mol. The standard InChI is InChI=1S/C8H18N2/c1-7(9)6-10-8-4-2-3-5-8/h7-8,10H,2-6,9H2,1H3/t7-/m1/s1. The zero-order chi connectivity index (χ0) is 7.40. The Morgan fingerprint density at radius 3 is 2.60 bits per heavy atom. The highest BCUT2D eigenvalue weighted by Gasteiger charge is 2.13. The minimum atomic E-state index is 0.306. The van der Waals surface area contributed by atoms with Crippen LogP contribution in [0.4, 0.5) is 0 Å². The van der Waals surface area contributed by atoms with E-state index in [1.165, 1.54) is 25.7 Å². The Kier molecular flexibility index (Phi) is 3.16. The fraction of sp³-hybridized carbons (Fsp3) is 1.00. The van der Waals surface area contributed by atoms with Gasteiger partial charge >= 0.3 is 0 Å². The first-order chi connectivity index (χ1) is 4.79. The SMILES string of the molecule is C[C@@H](N)CNC1CCCC1. The molecule has 0 radical (unpaired) electrons. The van der Waals surface area contributed by atoms with Crippen LogP contribution in [0, 0.1) is 0 Å². The van der Waals surface area contributed by atoms with E-state index < -0.39 is 0 Å². The maximum Gasteiger partial charge on any atom is 0.0136 e. The van der Waals surface area contributed by atoms with E-state index >= 15 is 0 Å². The van der Waals surface area contributed by atoms with Crippen LogP contribution in [-0.2, 0) is 0 Å². The highest BCUT2D eigenvalue weighted by Crippen LogP contribution is 2.17. The van der Waals surface area contributed by atoms with E-state index in [1.54, 1.807) is 0 Å². The molecule has 0 saturated heterocycles. The van der Waals surface area contributed by atoms with Crippen molar-refractivity contribution in [3.8, 4) is 0 Å². The van der Waals surface area contributed by atoms with Gasteiger partial charge in [0.15, 0.2) is 0 Å². The smallest absolute Gasteiger partial charge is 0.0136 e. The largest absolute Gasteiger partial charge is 0.327 e. The lowest BCUT2D eigenvalue weighted by molar-refractivity contribution is 0.498. The molecule has 0 aliphatic heterocycles. The Morgan fingerprint density at radius 1 is 1.50 bits per heavy atom. The van der Waals surface area contributed by atoms with Gasteiger partial charge in [-0.05, 0) is 19.8 Å². The van der Waals surface area contributed by atoms with Gasteiger partial charge in [-0.15, -0.1) is 0 Å². The quantitative estimate of drug-likeness (QED) is 0.613. The molecule has 10 heavy (non-hydrogen) atoms. The molecule has 1 aliphatic rings. The molecule has 3 N–H and O–H groups in total. The topological polar surface area (TPSA) is 38.0 Å². The molecule has 0 spiro atoms. The van der Waals surface area contributed by atoms with Crippen molar-refractivity contribution >= 4 is 0 Å². The Hall–Kier alpha value is -0.0800. The fourth-order valence-corrected chi connectivity index (χ4v) is 1.48. The third-order valence-electron chi connectivity index (χ3n) is 2.08. The summed E-state index contributed by atoms with van der Waals surface area (Å²) in [4.78, 5) is 0. The van der Waals surface area contributed by atoms with Gasteiger partial charge in [0.2, 0.25) is 0 Å². The average Bonchev–Trinajstić information content (AvgIpc) is 2.34. The summed E-state index contributed by atoms with van der Waals surface area (Å²) in [6.45, 7) is 3.02. The van der Waals surface area contributed by atoms with Crippen molar-refractivity contribution in [3.63, 3.8) is 0 Å². The first-order valence-corrected chi connectivity index (χ1v) is 4.28. The minimum absolute atomic E-state index is 0.306. The van der Waals surface area contributed by atoms with Crippen LogP contribution in [-0.4, -0.2) is 18.6 Å². The minimum Gasteiger partial charge on any atom is -0.327 e. The second kappa shape index (κ2) is 3.94. The Bertz CT molecular complexity index is 85.3. The molecule has 2 heteroatoms. The molecule has 0 bridgehead atoms. The van der Waals surface area contributed by atoms with Crippen molar-refractivity contribution in [2.75, 3.05) is 6.54 Å². The predicted molar refractivity (Wildman–Crippen MR) is 43.9 cm³/mol. The molecule has 0 unspecified atom stereocenters. The Morgan fingerprint density at radius 2 is 2.10 bits per heavy atom. The summed E-state index contributed by atoms with van der Waals surface area (Å²) in [5, 5.41) is 3.46. The normalized spacial score (nSPS) is 23.4. The van der Waals surface area contributed by atoms with Gasteiger partial charge in [0.05, 0.1) is 0 Å². The van der Waals surface area contributed by atoms with E-state index in [-0.39, 0.29) is 0 Å².